The average Bonchev–Trinajstić information content (AvgIpc) is 3.81. The molecule has 4 heterocycles. The number of nitrogens with two attached hydrogens (primary N) is 1. The van der Waals surface area contributed by atoms with E-state index >= 15 is 0 Å². The molecule has 18 nitrogen and oxygen atoms in total. The first kappa shape index (κ1) is 41.3. The van der Waals surface area contributed by atoms with Crippen LogP contribution in [-0.4, -0.2) is 85.5 Å². The Hall–Kier alpha value is -7.86. The van der Waals surface area contributed by atoms with Crippen molar-refractivity contribution in [2.24, 2.45) is 5.73 Å². The number of hydrogen-bond acceptors (Lipinski definition) is 10. The molecule has 0 spiro atoms. The number of benzene rings is 3. The van der Waals surface area contributed by atoms with Crippen LogP contribution in [0.5, 0.6) is 0 Å². The number of carbonyl (C=O) groups excluding carboxylic acids is 4. The van der Waals surface area contributed by atoms with Gasteiger partial charge in [-0.3, -0.25) is 19.0 Å². The summed E-state index contributed by atoms with van der Waals surface area (Å²) < 4.78 is 3.12. The standard InChI is InChI=1S/C43H46N14O4/c1-27(2)47-40(60)54-23-42(24-54,16-18-44)56-21-34(36(46)58)37(52-56)49-31-12-14-32(15-13-31)50-39(59)35-22-57(53-38(35)48-30-8-6-5-7-9-30)43(17-19-45)25-55(26-43)41(61)51-33-11-10-28(3)29(4)20-33/h5-15,20-22,27H,16-17,23-26H2,1-4H3,(H2,46,58)(H,47,60)(H,48,53)(H,49,52)(H,50,59)(H,51,61). The maximum absolute atomic E-state index is 14.0. The van der Waals surface area contributed by atoms with Gasteiger partial charge < -0.3 is 42.1 Å². The van der Waals surface area contributed by atoms with Crippen molar-refractivity contribution in [1.82, 2.24) is 34.7 Å². The van der Waals surface area contributed by atoms with Gasteiger partial charge in [-0.1, -0.05) is 24.3 Å². The van der Waals surface area contributed by atoms with Crippen LogP contribution in [0.3, 0.4) is 0 Å². The van der Waals surface area contributed by atoms with Crippen LogP contribution in [0.15, 0.2) is 85.2 Å². The lowest BCUT2D eigenvalue weighted by Gasteiger charge is -2.48. The van der Waals surface area contributed by atoms with Crippen molar-refractivity contribution in [1.29, 1.82) is 10.5 Å². The van der Waals surface area contributed by atoms with E-state index in [1.807, 2.05) is 76.2 Å². The Morgan fingerprint density at radius 2 is 1.20 bits per heavy atom. The highest BCUT2D eigenvalue weighted by atomic mass is 16.2. The van der Waals surface area contributed by atoms with Crippen LogP contribution >= 0.6 is 0 Å². The minimum absolute atomic E-state index is 0.0469. The predicted octanol–water partition coefficient (Wildman–Crippen LogP) is 5.73. The molecule has 312 valence electrons. The second-order valence-corrected chi connectivity index (χ2v) is 15.8. The summed E-state index contributed by atoms with van der Waals surface area (Å²) in [7, 11) is 0. The second kappa shape index (κ2) is 16.8. The Morgan fingerprint density at radius 1 is 0.689 bits per heavy atom. The van der Waals surface area contributed by atoms with Crippen LogP contribution in [0.4, 0.5) is 44.0 Å². The zero-order valence-corrected chi connectivity index (χ0v) is 34.2. The Bertz CT molecular complexity index is 2560. The molecule has 7 N–H and O–H groups in total. The summed E-state index contributed by atoms with van der Waals surface area (Å²) in [6.45, 7) is 8.52. The first-order valence-corrected chi connectivity index (χ1v) is 19.6. The van der Waals surface area contributed by atoms with Crippen molar-refractivity contribution in [2.45, 2.75) is 57.7 Å². The van der Waals surface area contributed by atoms with Gasteiger partial charge in [0.15, 0.2) is 11.6 Å². The van der Waals surface area contributed by atoms with Gasteiger partial charge in [0.2, 0.25) is 0 Å². The molecule has 0 unspecified atom stereocenters. The number of anilines is 6. The van der Waals surface area contributed by atoms with E-state index in [1.54, 1.807) is 44.9 Å². The summed E-state index contributed by atoms with van der Waals surface area (Å²) >= 11 is 0. The summed E-state index contributed by atoms with van der Waals surface area (Å²) in [6.07, 6.45) is 3.17. The summed E-state index contributed by atoms with van der Waals surface area (Å²) in [4.78, 5) is 55.5. The number of para-hydroxylation sites is 1. The van der Waals surface area contributed by atoms with E-state index in [9.17, 15) is 29.7 Å². The van der Waals surface area contributed by atoms with Crippen molar-refractivity contribution < 1.29 is 19.2 Å². The molecule has 7 rings (SSSR count). The Balaban J connectivity index is 1.07. The maximum atomic E-state index is 14.0. The lowest BCUT2D eigenvalue weighted by molar-refractivity contribution is 0.0340. The fraction of sp³-hybridized carbons (Fsp3) is 0.302. The summed E-state index contributed by atoms with van der Waals surface area (Å²) in [5, 5.41) is 43.9. The van der Waals surface area contributed by atoms with Crippen LogP contribution in [0, 0.1) is 36.5 Å². The molecule has 6 amide bonds. The molecule has 2 fully saturated rings. The molecule has 2 aliphatic heterocycles. The second-order valence-electron chi connectivity index (χ2n) is 15.8. The number of nitrogens with zero attached hydrogens (tertiary/aromatic N) is 8. The number of amides is 6. The number of nitrogens with one attached hydrogen (secondary N) is 5. The number of carbonyl (C=O) groups is 4. The zero-order valence-electron chi connectivity index (χ0n) is 34.2. The monoisotopic (exact) mass is 822 g/mol. The highest BCUT2D eigenvalue weighted by Crippen LogP contribution is 2.36. The summed E-state index contributed by atoms with van der Waals surface area (Å²) in [5.74, 6) is -0.781. The third-order valence-corrected chi connectivity index (χ3v) is 10.9. The third-order valence-electron chi connectivity index (χ3n) is 10.9. The zero-order chi connectivity index (χ0) is 43.5. The quantitative estimate of drug-likeness (QED) is 0.0842. The molecule has 61 heavy (non-hydrogen) atoms. The lowest BCUT2D eigenvalue weighted by atomic mass is 9.87. The Morgan fingerprint density at radius 3 is 1.74 bits per heavy atom. The van der Waals surface area contributed by atoms with Crippen LogP contribution in [-0.2, 0) is 11.1 Å². The number of primary amides is 1. The lowest BCUT2D eigenvalue weighted by Crippen LogP contribution is -2.66. The highest BCUT2D eigenvalue weighted by Gasteiger charge is 2.49. The van der Waals surface area contributed by atoms with E-state index in [-0.39, 0.29) is 79.9 Å². The highest BCUT2D eigenvalue weighted by molar-refractivity contribution is 6.08. The molecule has 0 radical (unpaired) electrons. The number of hydrogen-bond donors (Lipinski definition) is 6. The van der Waals surface area contributed by atoms with E-state index in [2.05, 4.69) is 43.8 Å². The molecule has 2 aromatic heterocycles. The Labute approximate surface area is 352 Å². The first-order valence-electron chi connectivity index (χ1n) is 19.6. The van der Waals surface area contributed by atoms with Crippen LogP contribution < -0.4 is 32.3 Å². The van der Waals surface area contributed by atoms with Crippen LogP contribution in [0.25, 0.3) is 0 Å². The minimum Gasteiger partial charge on any atom is -0.365 e. The van der Waals surface area contributed by atoms with Crippen LogP contribution in [0.1, 0.15) is 58.5 Å². The molecular weight excluding hydrogens is 777 g/mol. The van der Waals surface area contributed by atoms with E-state index in [0.717, 1.165) is 11.1 Å². The molecular formula is C43H46N14O4. The van der Waals surface area contributed by atoms with Crippen molar-refractivity contribution in [3.8, 4) is 12.1 Å². The van der Waals surface area contributed by atoms with Crippen molar-refractivity contribution in [2.75, 3.05) is 47.4 Å². The third kappa shape index (κ3) is 8.64. The molecule has 2 saturated heterocycles. The molecule has 0 aliphatic carbocycles. The summed E-state index contributed by atoms with van der Waals surface area (Å²) in [5.41, 5.74) is 8.82. The van der Waals surface area contributed by atoms with Gasteiger partial charge in [-0.25, -0.2) is 9.59 Å². The van der Waals surface area contributed by atoms with E-state index in [1.165, 1.54) is 10.9 Å². The number of aryl methyl sites for hydroxylation is 2. The average molecular weight is 823 g/mol. The number of urea groups is 2. The number of likely N-dealkylation sites (tertiary alicyclic amines) is 2. The molecule has 0 bridgehead atoms. The molecule has 5 aromatic rings. The van der Waals surface area contributed by atoms with E-state index in [4.69, 9.17) is 10.8 Å². The number of nitriles is 2. The van der Waals surface area contributed by atoms with Crippen molar-refractivity contribution >= 4 is 58.3 Å². The van der Waals surface area contributed by atoms with Gasteiger partial charge in [0.1, 0.15) is 22.2 Å². The van der Waals surface area contributed by atoms with Crippen molar-refractivity contribution in [3.63, 3.8) is 0 Å². The fourth-order valence-electron chi connectivity index (χ4n) is 7.34. The van der Waals surface area contributed by atoms with Gasteiger partial charge in [0, 0.05) is 41.2 Å². The minimum atomic E-state index is -0.875. The summed E-state index contributed by atoms with van der Waals surface area (Å²) in [6, 6.07) is 25.4. The molecule has 0 atom stereocenters. The van der Waals surface area contributed by atoms with Gasteiger partial charge in [-0.15, -0.1) is 0 Å². The van der Waals surface area contributed by atoms with Crippen LogP contribution in [0.2, 0.25) is 0 Å². The predicted molar refractivity (Wildman–Crippen MR) is 229 cm³/mol. The normalized spacial score (nSPS) is 14.7. The smallest absolute Gasteiger partial charge is 0.322 e. The van der Waals surface area contributed by atoms with Gasteiger partial charge in [-0.05, 0) is 87.4 Å². The molecule has 2 aliphatic rings. The van der Waals surface area contributed by atoms with Crippen molar-refractivity contribution in [3.05, 3.63) is 107 Å². The maximum Gasteiger partial charge on any atom is 0.322 e. The molecule has 0 saturated carbocycles. The largest absolute Gasteiger partial charge is 0.365 e. The van der Waals surface area contributed by atoms with Gasteiger partial charge >= 0.3 is 12.1 Å². The number of aromatic nitrogens is 4. The molecule has 18 heteroatoms. The van der Waals surface area contributed by atoms with E-state index in [0.29, 0.717) is 22.7 Å². The fourth-order valence-corrected chi connectivity index (χ4v) is 7.34. The SMILES string of the molecule is Cc1ccc(NC(=O)N2CC(CC#N)(n3cc(C(=O)Nc4ccc(Nc5nn(C6(CC#N)CN(C(=O)NC(C)C)C6)cc5C(N)=O)cc4)c(Nc4ccccc4)n3)C2)cc1C. The number of rotatable bonds is 13. The van der Waals surface area contributed by atoms with Gasteiger partial charge in [-0.2, -0.15) is 20.7 Å². The van der Waals surface area contributed by atoms with Gasteiger partial charge in [0.25, 0.3) is 11.8 Å². The van der Waals surface area contributed by atoms with Gasteiger partial charge in [0.05, 0.1) is 51.2 Å². The molecule has 3 aromatic carbocycles. The Kier molecular flexibility index (Phi) is 11.4. The first-order chi connectivity index (χ1) is 29.2. The topological polar surface area (TPSA) is 244 Å². The van der Waals surface area contributed by atoms with E-state index < -0.39 is 22.9 Å².